The van der Waals surface area contributed by atoms with E-state index in [0.29, 0.717) is 5.75 Å². The summed E-state index contributed by atoms with van der Waals surface area (Å²) in [4.78, 5) is 27.1. The molecule has 29 heavy (non-hydrogen) atoms. The lowest BCUT2D eigenvalue weighted by Gasteiger charge is -2.04. The van der Waals surface area contributed by atoms with E-state index in [1.54, 1.807) is 25.5 Å². The molecular weight excluding hydrogens is 368 g/mol. The number of hydrazone groups is 1. The van der Waals surface area contributed by atoms with E-state index in [-0.39, 0.29) is 12.5 Å². The molecule has 148 valence electrons. The number of nitrogens with one attached hydrogen (secondary N) is 3. The molecule has 0 aliphatic carbocycles. The van der Waals surface area contributed by atoms with Crippen molar-refractivity contribution in [3.8, 4) is 5.75 Å². The fourth-order valence-corrected chi connectivity index (χ4v) is 2.87. The van der Waals surface area contributed by atoms with Crippen LogP contribution in [-0.4, -0.2) is 36.7 Å². The number of fused-ring (bicyclic) bond motifs is 1. The number of methoxy groups -OCH3 is 1. The predicted octanol–water partition coefficient (Wildman–Crippen LogP) is 2.76. The standard InChI is InChI=1S/C22H22N4O3/c1-15-18(17-8-4-5-9-19(17)25-15)13-24-26-22(28)14-23-21(27)12-11-16-7-3-6-10-20(16)29-2/h3-13,25H,14H2,1-2H3,(H,23,27)(H,26,28)/b12-11+,24-13+. The minimum Gasteiger partial charge on any atom is -0.496 e. The van der Waals surface area contributed by atoms with Crippen molar-refractivity contribution < 1.29 is 14.3 Å². The van der Waals surface area contributed by atoms with E-state index in [4.69, 9.17) is 4.74 Å². The molecule has 1 aromatic heterocycles. The number of hydrogen-bond donors (Lipinski definition) is 3. The zero-order chi connectivity index (χ0) is 20.6. The van der Waals surface area contributed by atoms with Crippen molar-refractivity contribution in [3.63, 3.8) is 0 Å². The molecule has 0 aliphatic heterocycles. The van der Waals surface area contributed by atoms with Gasteiger partial charge in [-0.05, 0) is 25.1 Å². The van der Waals surface area contributed by atoms with Crippen molar-refractivity contribution in [1.82, 2.24) is 15.7 Å². The van der Waals surface area contributed by atoms with Gasteiger partial charge < -0.3 is 15.0 Å². The molecule has 3 rings (SSSR count). The highest BCUT2D eigenvalue weighted by molar-refractivity contribution is 6.01. The van der Waals surface area contributed by atoms with Gasteiger partial charge in [-0.3, -0.25) is 9.59 Å². The van der Waals surface area contributed by atoms with Crippen molar-refractivity contribution in [3.05, 3.63) is 71.4 Å². The number of carbonyl (C=O) groups excluding carboxylic acids is 2. The number of benzene rings is 2. The molecular formula is C22H22N4O3. The minimum absolute atomic E-state index is 0.181. The molecule has 0 fully saturated rings. The number of ether oxygens (including phenoxy) is 1. The highest BCUT2D eigenvalue weighted by atomic mass is 16.5. The molecule has 0 aliphatic rings. The molecule has 0 unspecified atom stereocenters. The summed E-state index contributed by atoms with van der Waals surface area (Å²) in [7, 11) is 1.56. The molecule has 7 heteroatoms. The summed E-state index contributed by atoms with van der Waals surface area (Å²) in [6.07, 6.45) is 4.57. The maximum absolute atomic E-state index is 11.9. The van der Waals surface area contributed by atoms with Crippen molar-refractivity contribution in [2.75, 3.05) is 13.7 Å². The van der Waals surface area contributed by atoms with E-state index >= 15 is 0 Å². The first-order valence-corrected chi connectivity index (χ1v) is 9.06. The van der Waals surface area contributed by atoms with Gasteiger partial charge in [-0.1, -0.05) is 36.4 Å². The topological polar surface area (TPSA) is 95.6 Å². The predicted molar refractivity (Wildman–Crippen MR) is 114 cm³/mol. The van der Waals surface area contributed by atoms with E-state index < -0.39 is 5.91 Å². The van der Waals surface area contributed by atoms with Gasteiger partial charge >= 0.3 is 0 Å². The van der Waals surface area contributed by atoms with Gasteiger partial charge in [-0.15, -0.1) is 0 Å². The zero-order valence-electron chi connectivity index (χ0n) is 16.2. The first-order valence-electron chi connectivity index (χ1n) is 9.06. The number of carbonyl (C=O) groups is 2. The number of aryl methyl sites for hydroxylation is 1. The highest BCUT2D eigenvalue weighted by Gasteiger charge is 2.06. The van der Waals surface area contributed by atoms with Crippen LogP contribution in [0.25, 0.3) is 17.0 Å². The summed E-state index contributed by atoms with van der Waals surface area (Å²) in [5.41, 5.74) is 6.06. The summed E-state index contributed by atoms with van der Waals surface area (Å²) in [6, 6.07) is 15.2. The average molecular weight is 390 g/mol. The van der Waals surface area contributed by atoms with Crippen LogP contribution < -0.4 is 15.5 Å². The van der Waals surface area contributed by atoms with Gasteiger partial charge in [-0.25, -0.2) is 5.43 Å². The summed E-state index contributed by atoms with van der Waals surface area (Å²) >= 11 is 0. The number of hydrogen-bond acceptors (Lipinski definition) is 4. The molecule has 0 spiro atoms. The van der Waals surface area contributed by atoms with Crippen LogP contribution in [0.15, 0.2) is 59.7 Å². The largest absolute Gasteiger partial charge is 0.496 e. The molecule has 0 saturated carbocycles. The maximum Gasteiger partial charge on any atom is 0.259 e. The quantitative estimate of drug-likeness (QED) is 0.329. The third-order valence-electron chi connectivity index (χ3n) is 4.30. The molecule has 7 nitrogen and oxygen atoms in total. The van der Waals surface area contributed by atoms with Crippen LogP contribution in [0.2, 0.25) is 0 Å². The Kier molecular flexibility index (Phi) is 6.42. The first-order chi connectivity index (χ1) is 14.1. The van der Waals surface area contributed by atoms with Gasteiger partial charge in [0.2, 0.25) is 5.91 Å². The molecule has 3 N–H and O–H groups in total. The molecule has 3 aromatic rings. The Morgan fingerprint density at radius 3 is 2.72 bits per heavy atom. The Morgan fingerprint density at radius 2 is 1.90 bits per heavy atom. The maximum atomic E-state index is 11.9. The van der Waals surface area contributed by atoms with Crippen LogP contribution in [0.4, 0.5) is 0 Å². The average Bonchev–Trinajstić information content (AvgIpc) is 3.06. The van der Waals surface area contributed by atoms with Crippen LogP contribution in [0.3, 0.4) is 0 Å². The van der Waals surface area contributed by atoms with Gasteiger partial charge in [0, 0.05) is 33.8 Å². The number of aromatic nitrogens is 1. The summed E-state index contributed by atoms with van der Waals surface area (Å²) in [5.74, 6) is -0.142. The number of amides is 2. The SMILES string of the molecule is COc1ccccc1/C=C/C(=O)NCC(=O)N/N=C/c1c(C)[nH]c2ccccc12. The van der Waals surface area contributed by atoms with Crippen LogP contribution >= 0.6 is 0 Å². The van der Waals surface area contributed by atoms with E-state index in [9.17, 15) is 9.59 Å². The molecule has 2 amide bonds. The van der Waals surface area contributed by atoms with Crippen molar-refractivity contribution >= 4 is 35.0 Å². The molecule has 0 radical (unpaired) electrons. The molecule has 1 heterocycles. The number of aromatic amines is 1. The number of nitrogens with zero attached hydrogens (tertiary/aromatic N) is 1. The fraction of sp³-hybridized carbons (Fsp3) is 0.136. The second-order valence-corrected chi connectivity index (χ2v) is 6.30. The van der Waals surface area contributed by atoms with E-state index in [1.165, 1.54) is 6.08 Å². The Labute approximate surface area is 168 Å². The lowest BCUT2D eigenvalue weighted by Crippen LogP contribution is -2.34. The summed E-state index contributed by atoms with van der Waals surface area (Å²) in [6.45, 7) is 1.76. The smallest absolute Gasteiger partial charge is 0.259 e. The molecule has 0 saturated heterocycles. The normalized spacial score (nSPS) is 11.2. The van der Waals surface area contributed by atoms with Gasteiger partial charge in [0.15, 0.2) is 0 Å². The Hall–Kier alpha value is -3.87. The van der Waals surface area contributed by atoms with Crippen LogP contribution in [0.1, 0.15) is 16.8 Å². The monoisotopic (exact) mass is 390 g/mol. The third kappa shape index (κ3) is 5.10. The Balaban J connectivity index is 1.50. The Bertz CT molecular complexity index is 1080. The fourth-order valence-electron chi connectivity index (χ4n) is 2.87. The van der Waals surface area contributed by atoms with Crippen LogP contribution in [0, 0.1) is 6.92 Å². The van der Waals surface area contributed by atoms with Crippen molar-refractivity contribution in [1.29, 1.82) is 0 Å². The zero-order valence-corrected chi connectivity index (χ0v) is 16.2. The second-order valence-electron chi connectivity index (χ2n) is 6.30. The highest BCUT2D eigenvalue weighted by Crippen LogP contribution is 2.20. The summed E-state index contributed by atoms with van der Waals surface area (Å²) in [5, 5.41) is 7.53. The number of rotatable bonds is 7. The third-order valence-corrected chi connectivity index (χ3v) is 4.30. The van der Waals surface area contributed by atoms with E-state index in [2.05, 4.69) is 20.8 Å². The van der Waals surface area contributed by atoms with Crippen molar-refractivity contribution in [2.45, 2.75) is 6.92 Å². The van der Waals surface area contributed by atoms with Gasteiger partial charge in [0.05, 0.1) is 19.9 Å². The van der Waals surface area contributed by atoms with Gasteiger partial charge in [0.25, 0.3) is 5.91 Å². The lowest BCUT2D eigenvalue weighted by atomic mass is 10.1. The summed E-state index contributed by atoms with van der Waals surface area (Å²) < 4.78 is 5.22. The molecule has 0 atom stereocenters. The van der Waals surface area contributed by atoms with Gasteiger partial charge in [0.1, 0.15) is 5.75 Å². The Morgan fingerprint density at radius 1 is 1.14 bits per heavy atom. The van der Waals surface area contributed by atoms with Crippen LogP contribution in [0.5, 0.6) is 5.75 Å². The van der Waals surface area contributed by atoms with Crippen LogP contribution in [-0.2, 0) is 9.59 Å². The molecule has 0 bridgehead atoms. The number of para-hydroxylation sites is 2. The van der Waals surface area contributed by atoms with Crippen molar-refractivity contribution in [2.24, 2.45) is 5.10 Å². The molecule has 2 aromatic carbocycles. The number of H-pyrrole nitrogens is 1. The van der Waals surface area contributed by atoms with E-state index in [1.807, 2.05) is 49.4 Å². The first kappa shape index (κ1) is 19.9. The van der Waals surface area contributed by atoms with Gasteiger partial charge in [-0.2, -0.15) is 5.10 Å². The minimum atomic E-state index is -0.419. The van der Waals surface area contributed by atoms with E-state index in [0.717, 1.165) is 27.7 Å². The second kappa shape index (κ2) is 9.36. The lowest BCUT2D eigenvalue weighted by molar-refractivity contribution is -0.123.